The third-order valence-corrected chi connectivity index (χ3v) is 3.51. The predicted octanol–water partition coefficient (Wildman–Crippen LogP) is 2.66. The van der Waals surface area contributed by atoms with Crippen molar-refractivity contribution >= 4 is 27.6 Å². The average molecular weight is 291 g/mol. The van der Waals surface area contributed by atoms with E-state index < -0.39 is 0 Å². The van der Waals surface area contributed by atoms with Crippen LogP contribution in [0.15, 0.2) is 58.5 Å². The van der Waals surface area contributed by atoms with Crippen molar-refractivity contribution in [3.8, 4) is 5.69 Å². The zero-order valence-electron chi connectivity index (χ0n) is 11.2. The van der Waals surface area contributed by atoms with Crippen LogP contribution >= 0.6 is 0 Å². The van der Waals surface area contributed by atoms with E-state index in [0.717, 1.165) is 5.39 Å². The van der Waals surface area contributed by atoms with E-state index >= 15 is 0 Å². The second-order valence-corrected chi connectivity index (χ2v) is 4.80. The summed E-state index contributed by atoms with van der Waals surface area (Å²) >= 11 is 0. The number of hydrogen-bond donors (Lipinski definition) is 1. The van der Waals surface area contributed by atoms with Crippen LogP contribution in [0.25, 0.3) is 27.6 Å². The molecule has 0 radical (unpaired) electrons. The molecule has 0 atom stereocenters. The molecule has 0 aliphatic carbocycles. The van der Waals surface area contributed by atoms with E-state index in [1.165, 1.54) is 4.68 Å². The van der Waals surface area contributed by atoms with Crippen molar-refractivity contribution in [2.24, 2.45) is 5.18 Å². The summed E-state index contributed by atoms with van der Waals surface area (Å²) in [6.07, 6.45) is 0. The number of fused-ring (bicyclic) bond motifs is 3. The zero-order valence-corrected chi connectivity index (χ0v) is 11.2. The summed E-state index contributed by atoms with van der Waals surface area (Å²) in [5.41, 5.74) is 2.23. The van der Waals surface area contributed by atoms with Gasteiger partial charge in [-0.3, -0.25) is 9.89 Å². The molecule has 0 saturated carbocycles. The lowest BCUT2D eigenvalue weighted by atomic mass is 10.2. The van der Waals surface area contributed by atoms with Crippen LogP contribution in [-0.2, 0) is 0 Å². The van der Waals surface area contributed by atoms with Gasteiger partial charge in [-0.15, -0.1) is 15.1 Å². The van der Waals surface area contributed by atoms with Crippen molar-refractivity contribution in [1.82, 2.24) is 20.0 Å². The Kier molecular flexibility index (Phi) is 2.59. The van der Waals surface area contributed by atoms with E-state index in [1.807, 2.05) is 24.3 Å². The van der Waals surface area contributed by atoms with Crippen LogP contribution in [0, 0.1) is 4.91 Å². The highest BCUT2D eigenvalue weighted by molar-refractivity contribution is 6.00. The Balaban J connectivity index is 2.02. The van der Waals surface area contributed by atoms with Crippen LogP contribution in [0.1, 0.15) is 0 Å². The van der Waals surface area contributed by atoms with Gasteiger partial charge in [0.25, 0.3) is 5.56 Å². The molecule has 0 aliphatic heterocycles. The summed E-state index contributed by atoms with van der Waals surface area (Å²) in [6.45, 7) is 0. The van der Waals surface area contributed by atoms with Gasteiger partial charge in [0, 0.05) is 5.39 Å². The Bertz CT molecular complexity index is 1060. The molecule has 7 nitrogen and oxygen atoms in total. The summed E-state index contributed by atoms with van der Waals surface area (Å²) in [7, 11) is 0. The molecule has 4 aromatic rings. The smallest absolute Gasteiger partial charge is 0.288 e. The molecule has 0 aliphatic rings. The zero-order chi connectivity index (χ0) is 15.1. The molecular formula is C15H9N5O2. The fraction of sp³-hybridized carbons (Fsp3) is 0. The third kappa shape index (κ3) is 1.72. The number of H-pyrrole nitrogens is 1. The average Bonchev–Trinajstić information content (AvgIpc) is 2.92. The lowest BCUT2D eigenvalue weighted by Gasteiger charge is -2.00. The quantitative estimate of drug-likeness (QED) is 0.574. The Morgan fingerprint density at radius 3 is 2.55 bits per heavy atom. The lowest BCUT2D eigenvalue weighted by Crippen LogP contribution is -2.14. The molecular weight excluding hydrogens is 282 g/mol. The third-order valence-electron chi connectivity index (χ3n) is 3.51. The number of hydrogen-bond acceptors (Lipinski definition) is 5. The van der Waals surface area contributed by atoms with E-state index in [2.05, 4.69) is 20.5 Å². The number of nitrogens with one attached hydrogen (secondary N) is 1. The largest absolute Gasteiger partial charge is 0.299 e. The molecule has 22 heavy (non-hydrogen) atoms. The van der Waals surface area contributed by atoms with Crippen molar-refractivity contribution in [2.45, 2.75) is 0 Å². The number of nitrogens with zero attached hydrogens (tertiary/aromatic N) is 4. The van der Waals surface area contributed by atoms with Crippen molar-refractivity contribution in [3.63, 3.8) is 0 Å². The van der Waals surface area contributed by atoms with Crippen molar-refractivity contribution in [3.05, 3.63) is 63.8 Å². The summed E-state index contributed by atoms with van der Waals surface area (Å²) in [5, 5.41) is 14.8. The number of aromatic amines is 1. The molecule has 0 fully saturated rings. The fourth-order valence-electron chi connectivity index (χ4n) is 2.43. The van der Waals surface area contributed by atoms with Gasteiger partial charge in [0.15, 0.2) is 5.52 Å². The Hall–Kier alpha value is -3.35. The molecule has 0 amide bonds. The fourth-order valence-corrected chi connectivity index (χ4v) is 2.43. The molecule has 0 spiro atoms. The number of benzene rings is 2. The molecule has 2 heterocycles. The minimum absolute atomic E-state index is 0.274. The molecule has 106 valence electrons. The van der Waals surface area contributed by atoms with Gasteiger partial charge < -0.3 is 0 Å². The van der Waals surface area contributed by atoms with E-state index in [0.29, 0.717) is 22.4 Å². The first-order chi connectivity index (χ1) is 10.8. The second-order valence-electron chi connectivity index (χ2n) is 4.80. The van der Waals surface area contributed by atoms with Crippen LogP contribution in [0.2, 0.25) is 0 Å². The summed E-state index contributed by atoms with van der Waals surface area (Å²) < 4.78 is 1.38. The van der Waals surface area contributed by atoms with Crippen molar-refractivity contribution in [2.75, 3.05) is 0 Å². The first-order valence-electron chi connectivity index (χ1n) is 6.58. The highest BCUT2D eigenvalue weighted by atomic mass is 16.3. The summed E-state index contributed by atoms with van der Waals surface area (Å²) in [4.78, 5) is 22.9. The molecule has 0 unspecified atom stereocenters. The molecule has 4 rings (SSSR count). The van der Waals surface area contributed by atoms with Gasteiger partial charge in [0.1, 0.15) is 5.69 Å². The molecule has 2 aromatic heterocycles. The van der Waals surface area contributed by atoms with Gasteiger partial charge in [0.2, 0.25) is 0 Å². The predicted molar refractivity (Wildman–Crippen MR) is 82.4 cm³/mol. The maximum atomic E-state index is 12.5. The highest BCUT2D eigenvalue weighted by Crippen LogP contribution is 2.19. The van der Waals surface area contributed by atoms with Gasteiger partial charge in [-0.1, -0.05) is 18.2 Å². The molecule has 0 saturated heterocycles. The number of rotatable bonds is 2. The summed E-state index contributed by atoms with van der Waals surface area (Å²) in [5.74, 6) is 0. The first kappa shape index (κ1) is 12.4. The Labute approximate surface area is 123 Å². The maximum Gasteiger partial charge on any atom is 0.299 e. The monoisotopic (exact) mass is 291 g/mol. The van der Waals surface area contributed by atoms with Crippen LogP contribution in [-0.4, -0.2) is 20.0 Å². The van der Waals surface area contributed by atoms with Crippen LogP contribution in [0.5, 0.6) is 0 Å². The first-order valence-corrected chi connectivity index (χ1v) is 6.58. The molecule has 2 aromatic carbocycles. The van der Waals surface area contributed by atoms with Crippen LogP contribution in [0.4, 0.5) is 5.69 Å². The van der Waals surface area contributed by atoms with E-state index in [9.17, 15) is 9.70 Å². The Morgan fingerprint density at radius 2 is 1.77 bits per heavy atom. The topological polar surface area (TPSA) is 93.0 Å². The lowest BCUT2D eigenvalue weighted by molar-refractivity contribution is 0.863. The van der Waals surface area contributed by atoms with Gasteiger partial charge in [-0.2, -0.15) is 0 Å². The van der Waals surface area contributed by atoms with E-state index in [4.69, 9.17) is 0 Å². The van der Waals surface area contributed by atoms with Crippen molar-refractivity contribution in [1.29, 1.82) is 0 Å². The van der Waals surface area contributed by atoms with Gasteiger partial charge in [0.05, 0.1) is 16.7 Å². The van der Waals surface area contributed by atoms with E-state index in [-0.39, 0.29) is 11.1 Å². The SMILES string of the molecule is O=Nc1ccc(-n2[nH]c3c(nnc4ccccc43)c2=O)cc1. The second kappa shape index (κ2) is 4.59. The van der Waals surface area contributed by atoms with Gasteiger partial charge >= 0.3 is 0 Å². The normalized spacial score (nSPS) is 11.1. The van der Waals surface area contributed by atoms with Crippen molar-refractivity contribution < 1.29 is 0 Å². The molecule has 0 bridgehead atoms. The molecule has 7 heteroatoms. The summed E-state index contributed by atoms with van der Waals surface area (Å²) in [6, 6.07) is 13.8. The minimum atomic E-state index is -0.292. The van der Waals surface area contributed by atoms with Crippen LogP contribution in [0.3, 0.4) is 0 Å². The van der Waals surface area contributed by atoms with Gasteiger partial charge in [-0.05, 0) is 35.5 Å². The Morgan fingerprint density at radius 1 is 1.00 bits per heavy atom. The minimum Gasteiger partial charge on any atom is -0.288 e. The van der Waals surface area contributed by atoms with Crippen LogP contribution < -0.4 is 5.56 Å². The standard InChI is InChI=1S/C15H9N5O2/c21-15-14-13(11-3-1-2-4-12(11)16-17-14)18-20(15)10-7-5-9(19-22)6-8-10/h1-8,18H. The number of nitroso groups, excluding NO2 is 1. The maximum absolute atomic E-state index is 12.5. The highest BCUT2D eigenvalue weighted by Gasteiger charge is 2.13. The number of aromatic nitrogens is 4. The molecule has 1 N–H and O–H groups in total. The van der Waals surface area contributed by atoms with E-state index in [1.54, 1.807) is 24.3 Å². The van der Waals surface area contributed by atoms with Gasteiger partial charge in [-0.25, -0.2) is 4.68 Å².